The molecule has 0 unspecified atom stereocenters. The van der Waals surface area contributed by atoms with Gasteiger partial charge in [0.05, 0.1) is 9.99 Å². The number of alkyl halides is 1. The number of phenols is 1. The van der Waals surface area contributed by atoms with E-state index < -0.39 is 0 Å². The second-order valence-corrected chi connectivity index (χ2v) is 5.74. The first kappa shape index (κ1) is 17.9. The minimum Gasteiger partial charge on any atom is -0.507 e. The van der Waals surface area contributed by atoms with Crippen molar-refractivity contribution < 1.29 is 19.4 Å². The fraction of sp³-hybridized carbons (Fsp3) is 0.500. The van der Waals surface area contributed by atoms with E-state index in [0.29, 0.717) is 23.3 Å². The molecule has 1 aromatic carbocycles. The van der Waals surface area contributed by atoms with E-state index in [9.17, 15) is 14.7 Å². The summed E-state index contributed by atoms with van der Waals surface area (Å²) in [5.41, 5.74) is 0.973. The van der Waals surface area contributed by atoms with Gasteiger partial charge < -0.3 is 9.84 Å². The Kier molecular flexibility index (Phi) is 7.71. The summed E-state index contributed by atoms with van der Waals surface area (Å²) in [5, 5.41) is 9.96. The third-order valence-electron chi connectivity index (χ3n) is 3.18. The number of hydrogen-bond donors (Lipinski definition) is 1. The van der Waals surface area contributed by atoms with Crippen LogP contribution in [-0.2, 0) is 4.79 Å². The zero-order valence-electron chi connectivity index (χ0n) is 12.4. The highest BCUT2D eigenvalue weighted by Crippen LogP contribution is 2.29. The van der Waals surface area contributed by atoms with Crippen LogP contribution < -0.4 is 4.74 Å². The largest absolute Gasteiger partial charge is 0.507 e. The van der Waals surface area contributed by atoms with Gasteiger partial charge in [-0.15, -0.1) is 0 Å². The maximum absolute atomic E-state index is 12.1. The van der Waals surface area contributed by atoms with E-state index >= 15 is 0 Å². The van der Waals surface area contributed by atoms with Crippen LogP contribution in [0.4, 0.5) is 0 Å². The first-order chi connectivity index (χ1) is 9.99. The minimum atomic E-state index is -0.378. The van der Waals surface area contributed by atoms with Gasteiger partial charge >= 0.3 is 5.97 Å². The number of unbranched alkanes of at least 4 members (excludes halogenated alkanes) is 3. The fourth-order valence-corrected chi connectivity index (χ4v) is 2.16. The molecule has 5 heteroatoms. The number of phenolic OH excluding ortho intramolecular Hbond substituents is 1. The van der Waals surface area contributed by atoms with Gasteiger partial charge in [-0.3, -0.25) is 9.59 Å². The topological polar surface area (TPSA) is 63.6 Å². The highest BCUT2D eigenvalue weighted by Gasteiger charge is 2.15. The third kappa shape index (κ3) is 5.65. The predicted molar refractivity (Wildman–Crippen MR) is 90.5 cm³/mol. The van der Waals surface area contributed by atoms with Crippen LogP contribution in [0, 0.1) is 6.92 Å². The van der Waals surface area contributed by atoms with Crippen LogP contribution in [0.5, 0.6) is 11.5 Å². The van der Waals surface area contributed by atoms with E-state index in [1.807, 2.05) is 22.6 Å². The van der Waals surface area contributed by atoms with E-state index in [2.05, 4.69) is 6.92 Å². The Morgan fingerprint density at radius 3 is 2.57 bits per heavy atom. The maximum atomic E-state index is 12.1. The highest BCUT2D eigenvalue weighted by atomic mass is 127. The number of halogens is 1. The van der Waals surface area contributed by atoms with Crippen LogP contribution in [0.25, 0.3) is 0 Å². The second kappa shape index (κ2) is 9.02. The molecule has 0 aliphatic carbocycles. The molecular weight excluding hydrogens is 383 g/mol. The first-order valence-corrected chi connectivity index (χ1v) is 8.65. The van der Waals surface area contributed by atoms with Gasteiger partial charge in [0.25, 0.3) is 0 Å². The van der Waals surface area contributed by atoms with Gasteiger partial charge in [-0.2, -0.15) is 0 Å². The lowest BCUT2D eigenvalue weighted by atomic mass is 10.0. The molecule has 0 saturated heterocycles. The molecule has 0 atom stereocenters. The van der Waals surface area contributed by atoms with E-state index in [4.69, 9.17) is 4.74 Å². The summed E-state index contributed by atoms with van der Waals surface area (Å²) in [6.07, 6.45) is 4.52. The average Bonchev–Trinajstić information content (AvgIpc) is 2.46. The van der Waals surface area contributed by atoms with Crippen molar-refractivity contribution in [1.82, 2.24) is 0 Å². The molecule has 0 aliphatic rings. The third-order valence-corrected chi connectivity index (χ3v) is 3.81. The molecule has 1 aromatic rings. The Hall–Kier alpha value is -1.11. The fourth-order valence-electron chi connectivity index (χ4n) is 2.01. The summed E-state index contributed by atoms with van der Waals surface area (Å²) in [6, 6.07) is 2.94. The summed E-state index contributed by atoms with van der Waals surface area (Å²) in [5.74, 6) is -0.274. The van der Waals surface area contributed by atoms with Crippen LogP contribution in [0.3, 0.4) is 0 Å². The highest BCUT2D eigenvalue weighted by molar-refractivity contribution is 14.1. The van der Waals surface area contributed by atoms with Crippen LogP contribution in [-0.4, -0.2) is 21.3 Å². The normalized spacial score (nSPS) is 10.4. The smallest absolute Gasteiger partial charge is 0.321 e. The molecule has 1 N–H and O–H groups in total. The average molecular weight is 404 g/mol. The number of ether oxygens (including phenoxy) is 1. The lowest BCUT2D eigenvalue weighted by Crippen LogP contribution is -2.10. The molecule has 0 aliphatic heterocycles. The van der Waals surface area contributed by atoms with Gasteiger partial charge in [-0.05, 0) is 25.0 Å². The lowest BCUT2D eigenvalue weighted by molar-refractivity contribution is -0.131. The molecular formula is C16H21IO4. The van der Waals surface area contributed by atoms with E-state index in [1.165, 1.54) is 6.07 Å². The molecule has 0 spiro atoms. The quantitative estimate of drug-likeness (QED) is 0.176. The Labute approximate surface area is 139 Å². The van der Waals surface area contributed by atoms with Gasteiger partial charge in [0, 0.05) is 12.5 Å². The van der Waals surface area contributed by atoms with Gasteiger partial charge in [0.1, 0.15) is 11.5 Å². The molecule has 4 nitrogen and oxygen atoms in total. The molecule has 1 rings (SSSR count). The molecule has 0 bridgehead atoms. The van der Waals surface area contributed by atoms with Crippen LogP contribution >= 0.6 is 22.6 Å². The molecule has 0 saturated carbocycles. The van der Waals surface area contributed by atoms with Gasteiger partial charge in [-0.1, -0.05) is 48.8 Å². The Bertz CT molecular complexity index is 511. The lowest BCUT2D eigenvalue weighted by Gasteiger charge is -2.10. The van der Waals surface area contributed by atoms with Crippen LogP contribution in [0.15, 0.2) is 12.1 Å². The van der Waals surface area contributed by atoms with E-state index in [0.717, 1.165) is 25.7 Å². The predicted octanol–water partition coefficient (Wildman–Crippen LogP) is 4.19. The van der Waals surface area contributed by atoms with Crippen LogP contribution in [0.2, 0.25) is 0 Å². The SMILES string of the molecule is CCCCCCC(=O)c1cc(C)c(OC(=O)CI)cc1O. The van der Waals surface area contributed by atoms with Crippen molar-refractivity contribution in [1.29, 1.82) is 0 Å². The number of aryl methyl sites for hydroxylation is 1. The van der Waals surface area contributed by atoms with E-state index in [1.54, 1.807) is 13.0 Å². The zero-order chi connectivity index (χ0) is 15.8. The molecule has 21 heavy (non-hydrogen) atoms. The zero-order valence-corrected chi connectivity index (χ0v) is 14.6. The maximum Gasteiger partial charge on any atom is 0.321 e. The summed E-state index contributed by atoms with van der Waals surface area (Å²) in [6.45, 7) is 3.87. The van der Waals surface area contributed by atoms with Crippen molar-refractivity contribution in [2.45, 2.75) is 46.0 Å². The molecule has 116 valence electrons. The monoisotopic (exact) mass is 404 g/mol. The first-order valence-electron chi connectivity index (χ1n) is 7.13. The number of esters is 1. The minimum absolute atomic E-state index is 0.0709. The molecule has 0 fully saturated rings. The van der Waals surface area contributed by atoms with Crippen molar-refractivity contribution >= 4 is 34.3 Å². The van der Waals surface area contributed by atoms with Gasteiger partial charge in [-0.25, -0.2) is 0 Å². The van der Waals surface area contributed by atoms with Crippen molar-refractivity contribution in [3.05, 3.63) is 23.3 Å². The van der Waals surface area contributed by atoms with Gasteiger partial charge in [0.2, 0.25) is 0 Å². The summed E-state index contributed by atoms with van der Waals surface area (Å²) < 4.78 is 5.34. The summed E-state index contributed by atoms with van der Waals surface area (Å²) in [7, 11) is 0. The Balaban J connectivity index is 2.78. The van der Waals surface area contributed by atoms with Crippen molar-refractivity contribution in [3.8, 4) is 11.5 Å². The van der Waals surface area contributed by atoms with Crippen molar-refractivity contribution in [2.24, 2.45) is 0 Å². The molecule has 0 radical (unpaired) electrons. The molecule has 0 heterocycles. The van der Waals surface area contributed by atoms with Crippen LogP contribution in [0.1, 0.15) is 54.9 Å². The summed E-state index contributed by atoms with van der Waals surface area (Å²) >= 11 is 1.91. The number of carbonyl (C=O) groups is 2. The van der Waals surface area contributed by atoms with Crippen molar-refractivity contribution in [3.63, 3.8) is 0 Å². The Morgan fingerprint density at radius 2 is 1.95 bits per heavy atom. The number of benzene rings is 1. The standard InChI is InChI=1S/C16H21IO4/c1-3-4-5-6-7-13(18)12-8-11(2)15(9-14(12)19)21-16(20)10-17/h8-9,19H,3-7,10H2,1-2H3. The number of aromatic hydroxyl groups is 1. The number of rotatable bonds is 8. The second-order valence-electron chi connectivity index (χ2n) is 4.98. The Morgan fingerprint density at radius 1 is 1.24 bits per heavy atom. The number of hydrogen-bond acceptors (Lipinski definition) is 4. The molecule has 0 amide bonds. The molecule has 0 aromatic heterocycles. The van der Waals surface area contributed by atoms with E-state index in [-0.39, 0.29) is 21.9 Å². The number of Topliss-reactive ketones (excluding diaryl/α,β-unsaturated/α-hetero) is 1. The number of ketones is 1. The number of carbonyl (C=O) groups excluding carboxylic acids is 2. The van der Waals surface area contributed by atoms with Crippen molar-refractivity contribution in [2.75, 3.05) is 4.43 Å². The van der Waals surface area contributed by atoms with Gasteiger partial charge in [0.15, 0.2) is 5.78 Å². The summed E-state index contributed by atoms with van der Waals surface area (Å²) in [4.78, 5) is 23.4.